The van der Waals surface area contributed by atoms with Crippen molar-refractivity contribution in [2.75, 3.05) is 0 Å². The topological polar surface area (TPSA) is 63.4 Å². The van der Waals surface area contributed by atoms with Crippen LogP contribution in [0.15, 0.2) is 0 Å². The van der Waals surface area contributed by atoms with Gasteiger partial charge in [0.2, 0.25) is 11.8 Å². The summed E-state index contributed by atoms with van der Waals surface area (Å²) in [6, 6.07) is 0. The Hall–Kier alpha value is -0.900. The van der Waals surface area contributed by atoms with Gasteiger partial charge in [-0.2, -0.15) is 0 Å². The summed E-state index contributed by atoms with van der Waals surface area (Å²) in [5, 5.41) is 0.751. The zero-order valence-electron chi connectivity index (χ0n) is 6.50. The smallest absolute Gasteiger partial charge is 0.248 e. The van der Waals surface area contributed by atoms with Gasteiger partial charge in [-0.05, 0) is 5.41 Å². The molecular formula is C7H10N2O2. The summed E-state index contributed by atoms with van der Waals surface area (Å²) in [7, 11) is 0. The van der Waals surface area contributed by atoms with Gasteiger partial charge in [-0.3, -0.25) is 9.59 Å². The van der Waals surface area contributed by atoms with Gasteiger partial charge in [0.25, 0.3) is 0 Å². The first kappa shape index (κ1) is 6.79. The Morgan fingerprint density at radius 1 is 1.27 bits per heavy atom. The van der Waals surface area contributed by atoms with Gasteiger partial charge in [0.05, 0.1) is 11.8 Å². The summed E-state index contributed by atoms with van der Waals surface area (Å²) >= 11 is 0. The largest absolute Gasteiger partial charge is 0.273 e. The van der Waals surface area contributed by atoms with E-state index in [1.54, 1.807) is 0 Å². The van der Waals surface area contributed by atoms with E-state index >= 15 is 0 Å². The molecule has 0 spiro atoms. The Labute approximate surface area is 64.3 Å². The number of hydrazine groups is 1. The van der Waals surface area contributed by atoms with Crippen molar-refractivity contribution in [2.24, 2.45) is 23.1 Å². The SMILES string of the molecule is CC1(C)C2C(=O)N(N)C(=O)C21. The van der Waals surface area contributed by atoms with E-state index in [4.69, 9.17) is 5.84 Å². The molecule has 4 nitrogen and oxygen atoms in total. The first-order valence-corrected chi connectivity index (χ1v) is 3.60. The first-order valence-electron chi connectivity index (χ1n) is 3.60. The number of carbonyl (C=O) groups excluding carboxylic acids is 2. The average molecular weight is 154 g/mol. The molecule has 0 bridgehead atoms. The van der Waals surface area contributed by atoms with Gasteiger partial charge in [0, 0.05) is 0 Å². The predicted octanol–water partition coefficient (Wildman–Crippen LogP) is -0.499. The highest BCUT2D eigenvalue weighted by molar-refractivity contribution is 6.09. The van der Waals surface area contributed by atoms with Crippen molar-refractivity contribution in [2.45, 2.75) is 13.8 Å². The Bertz CT molecular complexity index is 235. The Balaban J connectivity index is 2.35. The van der Waals surface area contributed by atoms with Gasteiger partial charge in [-0.15, -0.1) is 0 Å². The fourth-order valence-corrected chi connectivity index (χ4v) is 1.97. The standard InChI is InChI=1S/C7H10N2O2/c1-7(2)3-4(7)6(11)9(8)5(3)10/h3-4H,8H2,1-2H3. The molecule has 11 heavy (non-hydrogen) atoms. The summed E-state index contributed by atoms with van der Waals surface area (Å²) in [5.41, 5.74) is -0.135. The number of imide groups is 1. The molecule has 1 saturated carbocycles. The van der Waals surface area contributed by atoms with Crippen LogP contribution in [0.25, 0.3) is 0 Å². The van der Waals surface area contributed by atoms with Crippen LogP contribution >= 0.6 is 0 Å². The molecule has 2 aliphatic rings. The zero-order valence-corrected chi connectivity index (χ0v) is 6.50. The number of amides is 2. The third-order valence-corrected chi connectivity index (χ3v) is 2.83. The maximum absolute atomic E-state index is 11.2. The Kier molecular flexibility index (Phi) is 0.912. The molecule has 0 aromatic carbocycles. The van der Waals surface area contributed by atoms with E-state index < -0.39 is 0 Å². The highest BCUT2D eigenvalue weighted by atomic mass is 16.2. The molecule has 2 unspecified atom stereocenters. The lowest BCUT2D eigenvalue weighted by Crippen LogP contribution is -2.41. The van der Waals surface area contributed by atoms with Crippen LogP contribution in [0.3, 0.4) is 0 Å². The fourth-order valence-electron chi connectivity index (χ4n) is 1.97. The Morgan fingerprint density at radius 3 is 1.91 bits per heavy atom. The molecule has 1 heterocycles. The number of hydrogen-bond acceptors (Lipinski definition) is 3. The minimum absolute atomic E-state index is 0.135. The number of nitrogens with zero attached hydrogens (tertiary/aromatic N) is 1. The van der Waals surface area contributed by atoms with Crippen molar-refractivity contribution >= 4 is 11.8 Å². The lowest BCUT2D eigenvalue weighted by atomic mass is 10.1. The number of nitrogens with two attached hydrogens (primary N) is 1. The van der Waals surface area contributed by atoms with Crippen molar-refractivity contribution in [3.63, 3.8) is 0 Å². The van der Waals surface area contributed by atoms with Gasteiger partial charge >= 0.3 is 0 Å². The minimum Gasteiger partial charge on any atom is -0.273 e. The van der Waals surface area contributed by atoms with E-state index in [0.29, 0.717) is 0 Å². The van der Waals surface area contributed by atoms with Gasteiger partial charge in [0.1, 0.15) is 0 Å². The molecule has 2 atom stereocenters. The minimum atomic E-state index is -0.218. The van der Waals surface area contributed by atoms with Gasteiger partial charge < -0.3 is 0 Å². The van der Waals surface area contributed by atoms with Gasteiger partial charge in [-0.1, -0.05) is 13.8 Å². The second kappa shape index (κ2) is 1.48. The van der Waals surface area contributed by atoms with Crippen LogP contribution in [0.5, 0.6) is 0 Å². The normalized spacial score (nSPS) is 39.4. The number of carbonyl (C=O) groups is 2. The summed E-state index contributed by atoms with van der Waals surface area (Å²) in [5.74, 6) is 4.49. The molecule has 60 valence electrons. The highest BCUT2D eigenvalue weighted by Gasteiger charge is 2.72. The molecule has 2 fully saturated rings. The Morgan fingerprint density at radius 2 is 1.64 bits per heavy atom. The molecule has 1 aliphatic heterocycles. The highest BCUT2D eigenvalue weighted by Crippen LogP contribution is 2.62. The summed E-state index contributed by atoms with van der Waals surface area (Å²) in [6.07, 6.45) is 0. The lowest BCUT2D eigenvalue weighted by molar-refractivity contribution is -0.143. The number of piperidine rings is 1. The van der Waals surface area contributed by atoms with Crippen molar-refractivity contribution < 1.29 is 9.59 Å². The molecular weight excluding hydrogens is 144 g/mol. The molecule has 4 heteroatoms. The van der Waals surface area contributed by atoms with E-state index in [1.165, 1.54) is 0 Å². The molecule has 2 rings (SSSR count). The lowest BCUT2D eigenvalue weighted by Gasteiger charge is -2.13. The first-order chi connectivity index (χ1) is 4.98. The maximum Gasteiger partial charge on any atom is 0.248 e. The van der Waals surface area contributed by atoms with Crippen molar-refractivity contribution in [1.29, 1.82) is 0 Å². The molecule has 1 aliphatic carbocycles. The number of rotatable bonds is 0. The quantitative estimate of drug-likeness (QED) is 0.290. The summed E-state index contributed by atoms with van der Waals surface area (Å²) in [4.78, 5) is 22.3. The summed E-state index contributed by atoms with van der Waals surface area (Å²) in [6.45, 7) is 3.84. The maximum atomic E-state index is 11.2. The number of hydrogen-bond donors (Lipinski definition) is 1. The monoisotopic (exact) mass is 154 g/mol. The van der Waals surface area contributed by atoms with E-state index in [9.17, 15) is 9.59 Å². The zero-order chi connectivity index (χ0) is 8.39. The van der Waals surface area contributed by atoms with Crippen LogP contribution in [0.1, 0.15) is 13.8 Å². The van der Waals surface area contributed by atoms with E-state index in [1.807, 2.05) is 13.8 Å². The second-order valence-corrected chi connectivity index (χ2v) is 3.82. The van der Waals surface area contributed by atoms with E-state index in [0.717, 1.165) is 5.01 Å². The van der Waals surface area contributed by atoms with Crippen LogP contribution in [0, 0.1) is 17.3 Å². The van der Waals surface area contributed by atoms with E-state index in [2.05, 4.69) is 0 Å². The number of fused-ring (bicyclic) bond motifs is 1. The molecule has 0 radical (unpaired) electrons. The fraction of sp³-hybridized carbons (Fsp3) is 0.714. The van der Waals surface area contributed by atoms with Gasteiger partial charge in [-0.25, -0.2) is 10.9 Å². The van der Waals surface area contributed by atoms with Crippen molar-refractivity contribution in [3.8, 4) is 0 Å². The molecule has 0 aromatic rings. The predicted molar refractivity (Wildman–Crippen MR) is 36.8 cm³/mol. The van der Waals surface area contributed by atoms with Gasteiger partial charge in [0.15, 0.2) is 0 Å². The summed E-state index contributed by atoms with van der Waals surface area (Å²) < 4.78 is 0. The molecule has 1 saturated heterocycles. The van der Waals surface area contributed by atoms with E-state index in [-0.39, 0.29) is 29.1 Å². The van der Waals surface area contributed by atoms with Crippen LogP contribution < -0.4 is 5.84 Å². The average Bonchev–Trinajstić information content (AvgIpc) is 2.39. The van der Waals surface area contributed by atoms with Crippen LogP contribution in [-0.2, 0) is 9.59 Å². The molecule has 2 amide bonds. The molecule has 0 aromatic heterocycles. The third-order valence-electron chi connectivity index (χ3n) is 2.83. The van der Waals surface area contributed by atoms with Crippen LogP contribution in [-0.4, -0.2) is 16.8 Å². The van der Waals surface area contributed by atoms with Crippen molar-refractivity contribution in [1.82, 2.24) is 5.01 Å². The van der Waals surface area contributed by atoms with Crippen molar-refractivity contribution in [3.05, 3.63) is 0 Å². The second-order valence-electron chi connectivity index (χ2n) is 3.82. The third kappa shape index (κ3) is 0.542. The van der Waals surface area contributed by atoms with Crippen LogP contribution in [0.2, 0.25) is 0 Å². The molecule has 2 N–H and O–H groups in total. The van der Waals surface area contributed by atoms with Crippen LogP contribution in [0.4, 0.5) is 0 Å².